The number of rotatable bonds is 4. The minimum atomic E-state index is -0.477. The van der Waals surface area contributed by atoms with Crippen molar-refractivity contribution in [3.05, 3.63) is 57.9 Å². The molecule has 0 aliphatic heterocycles. The molecule has 21 heavy (non-hydrogen) atoms. The molecule has 0 spiro atoms. The van der Waals surface area contributed by atoms with E-state index >= 15 is 0 Å². The van der Waals surface area contributed by atoms with Gasteiger partial charge in [-0.1, -0.05) is 23.7 Å². The van der Waals surface area contributed by atoms with E-state index in [0.717, 1.165) is 0 Å². The zero-order valence-electron chi connectivity index (χ0n) is 11.7. The second-order valence-electron chi connectivity index (χ2n) is 4.40. The second kappa shape index (κ2) is 6.63. The molecule has 0 fully saturated rings. The van der Waals surface area contributed by atoms with E-state index in [0.29, 0.717) is 22.6 Å². The van der Waals surface area contributed by atoms with Gasteiger partial charge in [0, 0.05) is 12.6 Å². The number of carbonyl (C=O) groups is 1. The van der Waals surface area contributed by atoms with E-state index in [4.69, 9.17) is 16.3 Å². The first-order valence-electron chi connectivity index (χ1n) is 6.45. The number of hydrogen-bond acceptors (Lipinski definition) is 4. The van der Waals surface area contributed by atoms with Crippen molar-refractivity contribution in [1.29, 1.82) is 0 Å². The summed E-state index contributed by atoms with van der Waals surface area (Å²) in [5.74, 6) is -0.521. The van der Waals surface area contributed by atoms with Crippen LogP contribution in [0.5, 0.6) is 0 Å². The van der Waals surface area contributed by atoms with Crippen LogP contribution < -0.4 is 0 Å². The van der Waals surface area contributed by atoms with Crippen LogP contribution in [0.3, 0.4) is 0 Å². The molecule has 2 aromatic rings. The number of aryl methyl sites for hydroxylation is 1. The van der Waals surface area contributed by atoms with Crippen LogP contribution in [0.15, 0.2) is 24.4 Å². The molecule has 0 radical (unpaired) electrons. The van der Waals surface area contributed by atoms with Crippen molar-refractivity contribution < 1.29 is 13.9 Å². The summed E-state index contributed by atoms with van der Waals surface area (Å²) in [4.78, 5) is 20.0. The summed E-state index contributed by atoms with van der Waals surface area (Å²) in [7, 11) is 0. The highest BCUT2D eigenvalue weighted by atomic mass is 35.5. The summed E-state index contributed by atoms with van der Waals surface area (Å²) in [6.45, 7) is 3.70. The summed E-state index contributed by atoms with van der Waals surface area (Å²) in [6.07, 6.45) is 1.61. The molecule has 1 aromatic carbocycles. The monoisotopic (exact) mass is 308 g/mol. The normalized spacial score (nSPS) is 10.5. The van der Waals surface area contributed by atoms with Gasteiger partial charge in [0.05, 0.1) is 22.9 Å². The molecule has 0 unspecified atom stereocenters. The molecule has 0 bridgehead atoms. The molecule has 0 N–H and O–H groups in total. The van der Waals surface area contributed by atoms with Crippen molar-refractivity contribution in [2.45, 2.75) is 20.3 Å². The number of benzene rings is 1. The Balaban J connectivity index is 2.24. The largest absolute Gasteiger partial charge is 0.462 e. The summed E-state index contributed by atoms with van der Waals surface area (Å²) < 4.78 is 18.7. The fourth-order valence-electron chi connectivity index (χ4n) is 1.86. The van der Waals surface area contributed by atoms with Crippen LogP contribution >= 0.6 is 11.6 Å². The van der Waals surface area contributed by atoms with Gasteiger partial charge in [-0.15, -0.1) is 0 Å². The molecule has 4 nitrogen and oxygen atoms in total. The molecule has 0 aliphatic carbocycles. The van der Waals surface area contributed by atoms with Crippen molar-refractivity contribution in [2.24, 2.45) is 0 Å². The van der Waals surface area contributed by atoms with Crippen LogP contribution in [-0.4, -0.2) is 22.5 Å². The Morgan fingerprint density at radius 3 is 2.86 bits per heavy atom. The number of aromatic nitrogens is 2. The van der Waals surface area contributed by atoms with Crippen molar-refractivity contribution >= 4 is 17.6 Å². The van der Waals surface area contributed by atoms with Crippen molar-refractivity contribution in [3.8, 4) is 0 Å². The molecule has 2 rings (SSSR count). The first-order valence-corrected chi connectivity index (χ1v) is 6.83. The Morgan fingerprint density at radius 2 is 2.19 bits per heavy atom. The Hall–Kier alpha value is -2.01. The van der Waals surface area contributed by atoms with Crippen molar-refractivity contribution in [2.75, 3.05) is 6.61 Å². The highest BCUT2D eigenvalue weighted by molar-refractivity contribution is 6.30. The second-order valence-corrected chi connectivity index (χ2v) is 4.80. The zero-order valence-corrected chi connectivity index (χ0v) is 12.4. The van der Waals surface area contributed by atoms with Crippen LogP contribution in [0, 0.1) is 12.7 Å². The van der Waals surface area contributed by atoms with Gasteiger partial charge in [-0.3, -0.25) is 0 Å². The first kappa shape index (κ1) is 15.4. The summed E-state index contributed by atoms with van der Waals surface area (Å²) >= 11 is 5.74. The topological polar surface area (TPSA) is 52.1 Å². The van der Waals surface area contributed by atoms with E-state index in [1.54, 1.807) is 26.0 Å². The Bertz CT molecular complexity index is 677. The standard InChI is InChI=1S/C15H14ClFN2O2/c1-3-21-15(20)11-8-18-13(19-9(11)2)7-10-5-4-6-12(16)14(10)17/h4-6,8H,3,7H2,1-2H3. The van der Waals surface area contributed by atoms with Crippen molar-refractivity contribution in [3.63, 3.8) is 0 Å². The van der Waals surface area contributed by atoms with Gasteiger partial charge in [0.15, 0.2) is 0 Å². The highest BCUT2D eigenvalue weighted by Gasteiger charge is 2.14. The number of halogens is 2. The van der Waals surface area contributed by atoms with Crippen LogP contribution in [-0.2, 0) is 11.2 Å². The molecule has 0 amide bonds. The molecule has 1 aromatic heterocycles. The van der Waals surface area contributed by atoms with E-state index in [1.807, 2.05) is 0 Å². The summed E-state index contributed by atoms with van der Waals surface area (Å²) in [5.41, 5.74) is 1.22. The minimum absolute atomic E-state index is 0.0624. The minimum Gasteiger partial charge on any atom is -0.462 e. The Labute approximate surface area is 126 Å². The quantitative estimate of drug-likeness (QED) is 0.813. The molecule has 6 heteroatoms. The van der Waals surface area contributed by atoms with Crippen LogP contribution in [0.1, 0.15) is 34.4 Å². The van der Waals surface area contributed by atoms with E-state index < -0.39 is 11.8 Å². The molecule has 0 atom stereocenters. The average molecular weight is 309 g/mol. The lowest BCUT2D eigenvalue weighted by molar-refractivity contribution is 0.0524. The first-order chi connectivity index (χ1) is 10.0. The molecular weight excluding hydrogens is 295 g/mol. The Kier molecular flexibility index (Phi) is 4.85. The lowest BCUT2D eigenvalue weighted by Crippen LogP contribution is -2.10. The smallest absolute Gasteiger partial charge is 0.341 e. The number of esters is 1. The summed E-state index contributed by atoms with van der Waals surface area (Å²) in [5, 5.41) is 0.0624. The van der Waals surface area contributed by atoms with Crippen LogP contribution in [0.4, 0.5) is 4.39 Å². The van der Waals surface area contributed by atoms with Gasteiger partial charge in [-0.2, -0.15) is 0 Å². The van der Waals surface area contributed by atoms with Crippen molar-refractivity contribution in [1.82, 2.24) is 9.97 Å². The number of nitrogens with zero attached hydrogens (tertiary/aromatic N) is 2. The predicted molar refractivity (Wildman–Crippen MR) is 76.9 cm³/mol. The van der Waals surface area contributed by atoms with E-state index in [2.05, 4.69) is 9.97 Å². The van der Waals surface area contributed by atoms with E-state index in [9.17, 15) is 9.18 Å². The molecule has 0 saturated carbocycles. The molecule has 0 saturated heterocycles. The molecule has 110 valence electrons. The Morgan fingerprint density at radius 1 is 1.43 bits per heavy atom. The maximum absolute atomic E-state index is 13.8. The predicted octanol–water partition coefficient (Wildman–Crippen LogP) is 3.35. The van der Waals surface area contributed by atoms with Gasteiger partial charge < -0.3 is 4.74 Å². The number of ether oxygens (including phenoxy) is 1. The maximum Gasteiger partial charge on any atom is 0.341 e. The van der Waals surface area contributed by atoms with E-state index in [-0.39, 0.29) is 18.1 Å². The van der Waals surface area contributed by atoms with Gasteiger partial charge >= 0.3 is 5.97 Å². The molecular formula is C15H14ClFN2O2. The zero-order chi connectivity index (χ0) is 15.4. The molecule has 1 heterocycles. The number of hydrogen-bond donors (Lipinski definition) is 0. The third kappa shape index (κ3) is 3.55. The lowest BCUT2D eigenvalue weighted by Gasteiger charge is -2.07. The van der Waals surface area contributed by atoms with E-state index in [1.165, 1.54) is 12.3 Å². The highest BCUT2D eigenvalue weighted by Crippen LogP contribution is 2.19. The SMILES string of the molecule is CCOC(=O)c1cnc(Cc2cccc(Cl)c2F)nc1C. The molecule has 0 aliphatic rings. The fourth-order valence-corrected chi connectivity index (χ4v) is 2.06. The fraction of sp³-hybridized carbons (Fsp3) is 0.267. The van der Waals surface area contributed by atoms with Crippen LogP contribution in [0.25, 0.3) is 0 Å². The third-order valence-electron chi connectivity index (χ3n) is 2.90. The van der Waals surface area contributed by atoms with Gasteiger partial charge in [0.2, 0.25) is 0 Å². The third-order valence-corrected chi connectivity index (χ3v) is 3.20. The summed E-state index contributed by atoms with van der Waals surface area (Å²) in [6, 6.07) is 4.77. The van der Waals surface area contributed by atoms with Crippen LogP contribution in [0.2, 0.25) is 5.02 Å². The maximum atomic E-state index is 13.8. The van der Waals surface area contributed by atoms with Gasteiger partial charge in [0.25, 0.3) is 0 Å². The van der Waals surface area contributed by atoms with Gasteiger partial charge in [-0.25, -0.2) is 19.2 Å². The van der Waals surface area contributed by atoms with Gasteiger partial charge in [-0.05, 0) is 25.5 Å². The lowest BCUT2D eigenvalue weighted by atomic mass is 10.1. The van der Waals surface area contributed by atoms with Gasteiger partial charge in [0.1, 0.15) is 11.6 Å². The number of carbonyl (C=O) groups excluding carboxylic acids is 1. The average Bonchev–Trinajstić information content (AvgIpc) is 2.44.